The predicted molar refractivity (Wildman–Crippen MR) is 124 cm³/mol. The molecule has 1 saturated heterocycles. The average molecular weight is 476 g/mol. The lowest BCUT2D eigenvalue weighted by Gasteiger charge is -2.16. The summed E-state index contributed by atoms with van der Waals surface area (Å²) < 4.78 is 31.8. The molecule has 0 radical (unpaired) electrons. The highest BCUT2D eigenvalue weighted by Gasteiger charge is 2.27. The maximum atomic E-state index is 13.2. The Morgan fingerprint density at radius 3 is 2.61 bits per heavy atom. The smallest absolute Gasteiger partial charge is 0.280 e. The van der Waals surface area contributed by atoms with Gasteiger partial charge in [-0.15, -0.1) is 0 Å². The summed E-state index contributed by atoms with van der Waals surface area (Å²) in [6.45, 7) is 5.76. The van der Waals surface area contributed by atoms with Crippen LogP contribution in [0.2, 0.25) is 0 Å². The van der Waals surface area contributed by atoms with Gasteiger partial charge in [0.1, 0.15) is 22.3 Å². The van der Waals surface area contributed by atoms with E-state index in [9.17, 15) is 13.6 Å². The Kier molecular flexibility index (Phi) is 8.61. The first kappa shape index (κ1) is 24.9. The maximum absolute atomic E-state index is 13.2. The van der Waals surface area contributed by atoms with Crippen LogP contribution in [0.4, 0.5) is 8.78 Å². The van der Waals surface area contributed by atoms with Gasteiger partial charge in [0.15, 0.2) is 0 Å². The second-order valence-electron chi connectivity index (χ2n) is 7.20. The summed E-state index contributed by atoms with van der Waals surface area (Å²) in [5, 5.41) is 2.74. The van der Waals surface area contributed by atoms with Gasteiger partial charge in [0.2, 0.25) is 0 Å². The van der Waals surface area contributed by atoms with Crippen molar-refractivity contribution in [1.82, 2.24) is 26.1 Å². The molecule has 2 aliphatic rings. The molecule has 2 aromatic heterocycles. The van der Waals surface area contributed by atoms with Crippen LogP contribution < -0.4 is 20.9 Å². The van der Waals surface area contributed by atoms with Gasteiger partial charge in [-0.25, -0.2) is 19.6 Å². The number of amides is 1. The highest BCUT2D eigenvalue weighted by Crippen LogP contribution is 2.35. The highest BCUT2D eigenvalue weighted by molar-refractivity contribution is 8.00. The molecule has 3 heterocycles. The van der Waals surface area contributed by atoms with Crippen molar-refractivity contribution < 1.29 is 18.3 Å². The van der Waals surface area contributed by atoms with Crippen molar-refractivity contribution in [2.45, 2.75) is 50.9 Å². The van der Waals surface area contributed by atoms with Gasteiger partial charge in [0.25, 0.3) is 12.3 Å². The van der Waals surface area contributed by atoms with E-state index >= 15 is 0 Å². The van der Waals surface area contributed by atoms with Crippen LogP contribution in [0.15, 0.2) is 24.5 Å². The average Bonchev–Trinajstić information content (AvgIpc) is 3.56. The molecule has 10 heteroatoms. The molecule has 176 valence electrons. The number of nitrogens with one attached hydrogen (secondary N) is 3. The Morgan fingerprint density at radius 2 is 1.94 bits per heavy atom. The molecule has 3 N–H and O–H groups in total. The number of nitrogens with zero attached hydrogens (tertiary/aromatic N) is 2. The van der Waals surface area contributed by atoms with Crippen molar-refractivity contribution in [3.63, 3.8) is 0 Å². The highest BCUT2D eigenvalue weighted by atomic mass is 32.2. The van der Waals surface area contributed by atoms with Gasteiger partial charge in [-0.05, 0) is 31.9 Å². The number of carbonyl (C=O) groups excluding carboxylic acids is 1. The van der Waals surface area contributed by atoms with Crippen molar-refractivity contribution in [3.8, 4) is 28.7 Å². The first-order valence-corrected chi connectivity index (χ1v) is 11.7. The molecule has 1 aliphatic heterocycles. The summed E-state index contributed by atoms with van der Waals surface area (Å²) in [5.74, 6) is 6.71. The van der Waals surface area contributed by atoms with Crippen LogP contribution >= 0.6 is 11.8 Å². The number of halogens is 2. The molecule has 1 aliphatic carbocycles. The first-order valence-electron chi connectivity index (χ1n) is 10.7. The molecule has 7 nitrogen and oxygen atoms in total. The van der Waals surface area contributed by atoms with E-state index in [0.717, 1.165) is 12.8 Å². The van der Waals surface area contributed by atoms with E-state index in [4.69, 9.17) is 4.74 Å². The molecule has 1 saturated carbocycles. The van der Waals surface area contributed by atoms with E-state index in [-0.39, 0.29) is 16.7 Å². The number of aromatic nitrogens is 2. The minimum Gasteiger partial charge on any atom is -0.494 e. The number of hydrogen-bond acceptors (Lipinski definition) is 7. The van der Waals surface area contributed by atoms with Crippen molar-refractivity contribution in [3.05, 3.63) is 41.5 Å². The van der Waals surface area contributed by atoms with Crippen LogP contribution in [0.5, 0.6) is 5.75 Å². The lowest BCUT2D eigenvalue weighted by molar-refractivity contribution is 0.0945. The lowest BCUT2D eigenvalue weighted by Crippen LogP contribution is -2.43. The summed E-state index contributed by atoms with van der Waals surface area (Å²) in [7, 11) is 1.42. The predicted octanol–water partition coefficient (Wildman–Crippen LogP) is 4.02. The third kappa shape index (κ3) is 6.41. The van der Waals surface area contributed by atoms with E-state index in [2.05, 4.69) is 38.0 Å². The monoisotopic (exact) mass is 475 g/mol. The SMILES string of the molecule is CC.COc1cnc(C(F)F)cc1-c1cc(C)ncc1C(=O)NC1NNC(C#CC2CC2)S1. The van der Waals surface area contributed by atoms with Crippen LogP contribution in [-0.4, -0.2) is 33.9 Å². The summed E-state index contributed by atoms with van der Waals surface area (Å²) >= 11 is 1.44. The molecule has 0 aromatic carbocycles. The van der Waals surface area contributed by atoms with Gasteiger partial charge in [0.05, 0.1) is 18.9 Å². The van der Waals surface area contributed by atoms with Crippen LogP contribution in [0.25, 0.3) is 11.1 Å². The van der Waals surface area contributed by atoms with Crippen LogP contribution in [0, 0.1) is 24.7 Å². The van der Waals surface area contributed by atoms with Gasteiger partial charge >= 0.3 is 0 Å². The first-order chi connectivity index (χ1) is 15.9. The van der Waals surface area contributed by atoms with Crippen LogP contribution in [0.1, 0.15) is 54.9 Å². The lowest BCUT2D eigenvalue weighted by atomic mass is 9.99. The minimum absolute atomic E-state index is 0.129. The normalized spacial score (nSPS) is 19.2. The number of methoxy groups -OCH3 is 1. The van der Waals surface area contributed by atoms with Crippen molar-refractivity contribution in [2.75, 3.05) is 7.11 Å². The largest absolute Gasteiger partial charge is 0.494 e. The maximum Gasteiger partial charge on any atom is 0.280 e. The Labute approximate surface area is 196 Å². The number of rotatable bonds is 5. The van der Waals surface area contributed by atoms with Gasteiger partial charge in [0, 0.05) is 28.9 Å². The topological polar surface area (TPSA) is 88.2 Å². The third-order valence-corrected chi connectivity index (χ3v) is 5.80. The van der Waals surface area contributed by atoms with Crippen LogP contribution in [-0.2, 0) is 0 Å². The van der Waals surface area contributed by atoms with Gasteiger partial charge < -0.3 is 10.1 Å². The summed E-state index contributed by atoms with van der Waals surface area (Å²) in [4.78, 5) is 21.0. The fourth-order valence-electron chi connectivity index (χ4n) is 3.03. The number of carbonyl (C=O) groups is 1. The molecule has 2 unspecified atom stereocenters. The molecular weight excluding hydrogens is 448 g/mol. The molecule has 0 bridgehead atoms. The van der Waals surface area contributed by atoms with Crippen molar-refractivity contribution in [2.24, 2.45) is 5.92 Å². The summed E-state index contributed by atoms with van der Waals surface area (Å²) in [5.41, 5.74) is 6.89. The number of aryl methyl sites for hydroxylation is 1. The Morgan fingerprint density at radius 1 is 1.18 bits per heavy atom. The Balaban J connectivity index is 0.00000149. The fraction of sp³-hybridized carbons (Fsp3) is 0.435. The second kappa shape index (κ2) is 11.4. The van der Waals surface area contributed by atoms with E-state index in [1.54, 1.807) is 13.0 Å². The third-order valence-electron chi connectivity index (χ3n) is 4.78. The standard InChI is InChI=1S/C21H21F2N5O2S.C2H6/c1-11-7-13(14-8-16(19(22)23)25-10-17(14)30-2)15(9-24-11)20(29)26-21-28-27-18(31-21)6-5-12-3-4-12;1-2/h7-10,12,18-19,21,27-28H,3-4H2,1-2H3,(H,26,29);1-2H3. The number of ether oxygens (including phenoxy) is 1. The molecule has 2 atom stereocenters. The Bertz CT molecular complexity index is 1050. The molecule has 33 heavy (non-hydrogen) atoms. The zero-order chi connectivity index (χ0) is 24.0. The molecular formula is C23H27F2N5O2S. The zero-order valence-electron chi connectivity index (χ0n) is 18.9. The summed E-state index contributed by atoms with van der Waals surface area (Å²) in [6.07, 6.45) is 2.21. The summed E-state index contributed by atoms with van der Waals surface area (Å²) in [6, 6.07) is 2.90. The van der Waals surface area contributed by atoms with Crippen molar-refractivity contribution >= 4 is 17.7 Å². The number of hydrazine groups is 1. The van der Waals surface area contributed by atoms with Crippen LogP contribution in [0.3, 0.4) is 0 Å². The number of thioether (sulfide) groups is 1. The van der Waals surface area contributed by atoms with E-state index in [1.165, 1.54) is 37.3 Å². The molecule has 2 fully saturated rings. The number of alkyl halides is 2. The fourth-order valence-corrected chi connectivity index (χ4v) is 3.88. The minimum atomic E-state index is -2.75. The van der Waals surface area contributed by atoms with E-state index in [1.807, 2.05) is 13.8 Å². The second-order valence-corrected chi connectivity index (χ2v) is 8.42. The molecule has 0 spiro atoms. The van der Waals surface area contributed by atoms with Gasteiger partial charge in [-0.3, -0.25) is 14.8 Å². The molecule has 2 aromatic rings. The number of pyridine rings is 2. The van der Waals surface area contributed by atoms with Crippen molar-refractivity contribution in [1.29, 1.82) is 0 Å². The van der Waals surface area contributed by atoms with Gasteiger partial charge in [-0.2, -0.15) is 0 Å². The quantitative estimate of drug-likeness (QED) is 0.563. The zero-order valence-corrected chi connectivity index (χ0v) is 19.7. The van der Waals surface area contributed by atoms with E-state index < -0.39 is 23.5 Å². The van der Waals surface area contributed by atoms with E-state index in [0.29, 0.717) is 22.7 Å². The van der Waals surface area contributed by atoms with Gasteiger partial charge in [-0.1, -0.05) is 37.5 Å². The molecule has 1 amide bonds. The number of hydrogen-bond donors (Lipinski definition) is 3. The Hall–Kier alpha value is -2.74. The molecule has 4 rings (SSSR count).